The Bertz CT molecular complexity index is 750. The molecule has 0 radical (unpaired) electrons. The van der Waals surface area contributed by atoms with Gasteiger partial charge in [0.25, 0.3) is 0 Å². The first-order valence-electron chi connectivity index (χ1n) is 8.99. The summed E-state index contributed by atoms with van der Waals surface area (Å²) in [7, 11) is 3.25. The van der Waals surface area contributed by atoms with Crippen molar-refractivity contribution in [3.8, 4) is 17.4 Å². The molecule has 1 heterocycles. The molecule has 0 aliphatic carbocycles. The van der Waals surface area contributed by atoms with Gasteiger partial charge in [0, 0.05) is 18.3 Å². The second-order valence-electron chi connectivity index (χ2n) is 5.88. The smallest absolute Gasteiger partial charge is 0.218 e. The van der Waals surface area contributed by atoms with Crippen LogP contribution in [0, 0.1) is 0 Å². The zero-order valence-corrected chi connectivity index (χ0v) is 16.2. The number of hydrogen-bond donors (Lipinski definition) is 2. The summed E-state index contributed by atoms with van der Waals surface area (Å²) in [5.41, 5.74) is 8.00. The number of nitrogens with two attached hydrogens (primary N) is 1. The molecule has 0 aliphatic rings. The molecule has 2 rings (SSSR count). The lowest BCUT2D eigenvalue weighted by Gasteiger charge is -2.11. The SMILES string of the molecule is CCCOc1ncccc1CN=C(N)NCCc1ccc(OC)c(OC)c1. The van der Waals surface area contributed by atoms with Crippen molar-refractivity contribution < 1.29 is 14.2 Å². The van der Waals surface area contributed by atoms with E-state index in [0.717, 1.165) is 24.0 Å². The summed E-state index contributed by atoms with van der Waals surface area (Å²) in [6.07, 6.45) is 3.43. The third-order valence-corrected chi connectivity index (χ3v) is 3.88. The number of rotatable bonds is 10. The monoisotopic (exact) mass is 372 g/mol. The maximum absolute atomic E-state index is 5.97. The first kappa shape index (κ1) is 20.4. The fourth-order valence-electron chi connectivity index (χ4n) is 2.47. The predicted molar refractivity (Wildman–Crippen MR) is 107 cm³/mol. The number of aromatic nitrogens is 1. The Morgan fingerprint density at radius 3 is 2.74 bits per heavy atom. The molecular weight excluding hydrogens is 344 g/mol. The molecule has 0 saturated carbocycles. The molecule has 2 aromatic rings. The molecule has 0 amide bonds. The van der Waals surface area contributed by atoms with Gasteiger partial charge in [-0.05, 0) is 36.6 Å². The molecule has 27 heavy (non-hydrogen) atoms. The van der Waals surface area contributed by atoms with Gasteiger partial charge in [-0.2, -0.15) is 0 Å². The largest absolute Gasteiger partial charge is 0.493 e. The summed E-state index contributed by atoms with van der Waals surface area (Å²) in [6.45, 7) is 3.77. The van der Waals surface area contributed by atoms with Crippen molar-refractivity contribution in [2.24, 2.45) is 10.7 Å². The minimum Gasteiger partial charge on any atom is -0.493 e. The highest BCUT2D eigenvalue weighted by Crippen LogP contribution is 2.27. The molecule has 0 bridgehead atoms. The van der Waals surface area contributed by atoms with E-state index in [4.69, 9.17) is 19.9 Å². The molecule has 0 spiro atoms. The standard InChI is InChI=1S/C20H28N4O3/c1-4-12-27-19-16(6-5-10-22-19)14-24-20(21)23-11-9-15-7-8-17(25-2)18(13-15)26-3/h5-8,10,13H,4,9,11-12,14H2,1-3H3,(H3,21,23,24). The Morgan fingerprint density at radius 2 is 2.00 bits per heavy atom. The van der Waals surface area contributed by atoms with Crippen LogP contribution in [0.25, 0.3) is 0 Å². The minimum absolute atomic E-state index is 0.390. The van der Waals surface area contributed by atoms with Crippen LogP contribution in [0.2, 0.25) is 0 Å². The van der Waals surface area contributed by atoms with Crippen molar-refractivity contribution in [3.05, 3.63) is 47.7 Å². The van der Waals surface area contributed by atoms with E-state index in [0.29, 0.717) is 43.0 Å². The molecule has 0 aliphatic heterocycles. The van der Waals surface area contributed by atoms with E-state index in [1.807, 2.05) is 30.3 Å². The van der Waals surface area contributed by atoms with E-state index in [1.165, 1.54) is 0 Å². The van der Waals surface area contributed by atoms with Gasteiger partial charge in [-0.15, -0.1) is 0 Å². The molecular formula is C20H28N4O3. The van der Waals surface area contributed by atoms with Gasteiger partial charge < -0.3 is 25.3 Å². The fraction of sp³-hybridized carbons (Fsp3) is 0.400. The Kier molecular flexibility index (Phi) is 8.22. The normalized spacial score (nSPS) is 11.1. The molecule has 7 heteroatoms. The van der Waals surface area contributed by atoms with Crippen LogP contribution < -0.4 is 25.3 Å². The maximum Gasteiger partial charge on any atom is 0.218 e. The first-order valence-corrected chi connectivity index (χ1v) is 8.99. The zero-order chi connectivity index (χ0) is 19.5. The van der Waals surface area contributed by atoms with Crippen molar-refractivity contribution in [1.29, 1.82) is 0 Å². The number of guanidine groups is 1. The quantitative estimate of drug-likeness (QED) is 0.492. The van der Waals surface area contributed by atoms with Gasteiger partial charge in [0.1, 0.15) is 0 Å². The molecule has 3 N–H and O–H groups in total. The summed E-state index contributed by atoms with van der Waals surface area (Å²) in [5.74, 6) is 2.43. The van der Waals surface area contributed by atoms with Crippen molar-refractivity contribution in [1.82, 2.24) is 10.3 Å². The third kappa shape index (κ3) is 6.36. The first-order chi connectivity index (χ1) is 13.2. The highest BCUT2D eigenvalue weighted by molar-refractivity contribution is 5.77. The lowest BCUT2D eigenvalue weighted by Crippen LogP contribution is -2.33. The van der Waals surface area contributed by atoms with E-state index in [2.05, 4.69) is 22.2 Å². The average molecular weight is 372 g/mol. The summed E-state index contributed by atoms with van der Waals surface area (Å²) >= 11 is 0. The van der Waals surface area contributed by atoms with Crippen LogP contribution in [0.3, 0.4) is 0 Å². The van der Waals surface area contributed by atoms with Crippen LogP contribution in [-0.4, -0.2) is 38.3 Å². The van der Waals surface area contributed by atoms with Crippen LogP contribution in [-0.2, 0) is 13.0 Å². The van der Waals surface area contributed by atoms with Gasteiger partial charge in [0.2, 0.25) is 5.88 Å². The number of nitrogens with zero attached hydrogens (tertiary/aromatic N) is 2. The van der Waals surface area contributed by atoms with Gasteiger partial charge in [-0.25, -0.2) is 9.98 Å². The summed E-state index contributed by atoms with van der Waals surface area (Å²) < 4.78 is 16.2. The molecule has 146 valence electrons. The number of methoxy groups -OCH3 is 2. The number of benzene rings is 1. The van der Waals surface area contributed by atoms with Crippen LogP contribution in [0.15, 0.2) is 41.5 Å². The van der Waals surface area contributed by atoms with Gasteiger partial charge in [-0.1, -0.05) is 19.1 Å². The van der Waals surface area contributed by atoms with Gasteiger partial charge in [0.15, 0.2) is 17.5 Å². The topological polar surface area (TPSA) is 91.0 Å². The highest BCUT2D eigenvalue weighted by atomic mass is 16.5. The zero-order valence-electron chi connectivity index (χ0n) is 16.2. The predicted octanol–water partition coefficient (Wildman–Crippen LogP) is 2.53. The van der Waals surface area contributed by atoms with E-state index in [-0.39, 0.29) is 0 Å². The van der Waals surface area contributed by atoms with Crippen molar-refractivity contribution in [2.75, 3.05) is 27.4 Å². The number of aliphatic imine (C=N–C) groups is 1. The Labute approximate surface area is 160 Å². The van der Waals surface area contributed by atoms with Gasteiger partial charge in [-0.3, -0.25) is 0 Å². The second kappa shape index (κ2) is 10.9. The second-order valence-corrected chi connectivity index (χ2v) is 5.88. The van der Waals surface area contributed by atoms with Crippen molar-refractivity contribution in [2.45, 2.75) is 26.3 Å². The average Bonchev–Trinajstić information content (AvgIpc) is 2.71. The van der Waals surface area contributed by atoms with E-state index in [1.54, 1.807) is 20.4 Å². The molecule has 0 fully saturated rings. The number of ether oxygens (including phenoxy) is 3. The fourth-order valence-corrected chi connectivity index (χ4v) is 2.47. The molecule has 0 saturated heterocycles. The molecule has 7 nitrogen and oxygen atoms in total. The maximum atomic E-state index is 5.97. The highest BCUT2D eigenvalue weighted by Gasteiger charge is 2.06. The number of pyridine rings is 1. The minimum atomic E-state index is 0.390. The lowest BCUT2D eigenvalue weighted by molar-refractivity contribution is 0.302. The van der Waals surface area contributed by atoms with Crippen molar-refractivity contribution >= 4 is 5.96 Å². The number of nitrogens with one attached hydrogen (secondary N) is 1. The van der Waals surface area contributed by atoms with Crippen LogP contribution >= 0.6 is 0 Å². The van der Waals surface area contributed by atoms with Gasteiger partial charge >= 0.3 is 0 Å². The summed E-state index contributed by atoms with van der Waals surface area (Å²) in [5, 5.41) is 3.12. The molecule has 0 unspecified atom stereocenters. The Balaban J connectivity index is 1.86. The molecule has 1 aromatic carbocycles. The molecule has 0 atom stereocenters. The van der Waals surface area contributed by atoms with E-state index in [9.17, 15) is 0 Å². The van der Waals surface area contributed by atoms with Crippen LogP contribution in [0.5, 0.6) is 17.4 Å². The summed E-state index contributed by atoms with van der Waals surface area (Å²) in [6, 6.07) is 9.67. The van der Waals surface area contributed by atoms with Crippen LogP contribution in [0.1, 0.15) is 24.5 Å². The van der Waals surface area contributed by atoms with Crippen LogP contribution in [0.4, 0.5) is 0 Å². The van der Waals surface area contributed by atoms with Gasteiger partial charge in [0.05, 0.1) is 27.4 Å². The molecule has 1 aromatic heterocycles. The Hall–Kier alpha value is -2.96. The summed E-state index contributed by atoms with van der Waals surface area (Å²) in [4.78, 5) is 8.63. The van der Waals surface area contributed by atoms with E-state index < -0.39 is 0 Å². The Morgan fingerprint density at radius 1 is 1.19 bits per heavy atom. The lowest BCUT2D eigenvalue weighted by atomic mass is 10.1. The number of hydrogen-bond acceptors (Lipinski definition) is 5. The van der Waals surface area contributed by atoms with E-state index >= 15 is 0 Å². The van der Waals surface area contributed by atoms with Crippen molar-refractivity contribution in [3.63, 3.8) is 0 Å². The third-order valence-electron chi connectivity index (χ3n) is 3.88.